The molecule has 3 rings (SSSR count). The van der Waals surface area contributed by atoms with Crippen molar-refractivity contribution in [2.24, 2.45) is 11.8 Å². The van der Waals surface area contributed by atoms with Gasteiger partial charge in [0.1, 0.15) is 6.61 Å². The zero-order valence-corrected chi connectivity index (χ0v) is 21.9. The number of unbranched alkanes of at least 4 members (excludes halogenated alkanes) is 3. The standard InChI is InChI=1S/C29H45ClO5/c30-25-20-27(33)29(24(25)10-6-1-2-7-11-28(34)35-19-18-31)23-15-13-22(14-16-23)26(32)17-12-21-8-4-3-5-9-21/h13-16,21,24-27,29,31-33H,1-12,17-20H2/t24-,25+,26?,27+,29+/m0/s1. The summed E-state index contributed by atoms with van der Waals surface area (Å²) in [5, 5.41) is 30.1. The second-order valence-corrected chi connectivity index (χ2v) is 11.2. The van der Waals surface area contributed by atoms with Gasteiger partial charge in [0, 0.05) is 17.7 Å². The van der Waals surface area contributed by atoms with Gasteiger partial charge in [-0.25, -0.2) is 0 Å². The summed E-state index contributed by atoms with van der Waals surface area (Å²) in [6.07, 6.45) is 13.4. The molecule has 5 atom stereocenters. The van der Waals surface area contributed by atoms with E-state index < -0.39 is 12.2 Å². The topological polar surface area (TPSA) is 87.0 Å². The number of aliphatic hydroxyl groups is 3. The molecule has 1 unspecified atom stereocenters. The van der Waals surface area contributed by atoms with Crippen LogP contribution in [-0.2, 0) is 9.53 Å². The van der Waals surface area contributed by atoms with E-state index in [-0.39, 0.29) is 36.4 Å². The van der Waals surface area contributed by atoms with Crippen LogP contribution in [0.1, 0.15) is 113 Å². The molecule has 35 heavy (non-hydrogen) atoms. The maximum Gasteiger partial charge on any atom is 0.305 e. The van der Waals surface area contributed by atoms with E-state index in [1.807, 2.05) is 12.1 Å². The molecule has 0 aliphatic heterocycles. The molecule has 198 valence electrons. The van der Waals surface area contributed by atoms with Crippen molar-refractivity contribution < 1.29 is 24.9 Å². The van der Waals surface area contributed by atoms with Crippen LogP contribution < -0.4 is 0 Å². The number of ether oxygens (including phenoxy) is 1. The molecule has 1 aromatic carbocycles. The molecule has 1 aromatic rings. The Morgan fingerprint density at radius 3 is 2.46 bits per heavy atom. The summed E-state index contributed by atoms with van der Waals surface area (Å²) >= 11 is 6.66. The molecule has 0 heterocycles. The molecule has 6 heteroatoms. The number of halogens is 1. The number of esters is 1. The van der Waals surface area contributed by atoms with Crippen molar-refractivity contribution in [3.8, 4) is 0 Å². The highest BCUT2D eigenvalue weighted by atomic mass is 35.5. The Balaban J connectivity index is 1.44. The number of carbonyl (C=O) groups excluding carboxylic acids is 1. The van der Waals surface area contributed by atoms with Crippen molar-refractivity contribution in [1.29, 1.82) is 0 Å². The molecule has 2 aliphatic carbocycles. The highest BCUT2D eigenvalue weighted by molar-refractivity contribution is 6.21. The van der Waals surface area contributed by atoms with Crippen LogP contribution in [0.2, 0.25) is 0 Å². The van der Waals surface area contributed by atoms with Gasteiger partial charge in [-0.1, -0.05) is 75.6 Å². The molecule has 0 spiro atoms. The monoisotopic (exact) mass is 508 g/mol. The molecular weight excluding hydrogens is 464 g/mol. The van der Waals surface area contributed by atoms with E-state index in [9.17, 15) is 15.0 Å². The number of benzene rings is 1. The number of alkyl halides is 1. The third-order valence-corrected chi connectivity index (χ3v) is 8.61. The summed E-state index contributed by atoms with van der Waals surface area (Å²) < 4.78 is 4.88. The molecule has 3 N–H and O–H groups in total. The Kier molecular flexibility index (Phi) is 12.3. The Hall–Kier alpha value is -1.14. The van der Waals surface area contributed by atoms with Gasteiger partial charge in [-0.2, -0.15) is 0 Å². The second kappa shape index (κ2) is 15.2. The molecule has 5 nitrogen and oxygen atoms in total. The van der Waals surface area contributed by atoms with Gasteiger partial charge in [-0.05, 0) is 55.1 Å². The number of carbonyl (C=O) groups is 1. The van der Waals surface area contributed by atoms with Gasteiger partial charge in [-0.3, -0.25) is 4.79 Å². The second-order valence-electron chi connectivity index (χ2n) is 10.7. The van der Waals surface area contributed by atoms with Gasteiger partial charge in [0.15, 0.2) is 0 Å². The number of rotatable bonds is 14. The minimum absolute atomic E-state index is 0.0272. The fourth-order valence-corrected chi connectivity index (χ4v) is 6.57. The van der Waals surface area contributed by atoms with E-state index in [0.717, 1.165) is 62.0 Å². The highest BCUT2D eigenvalue weighted by Gasteiger charge is 2.41. The first kappa shape index (κ1) is 28.4. The third-order valence-electron chi connectivity index (χ3n) is 8.11. The maximum absolute atomic E-state index is 11.5. The lowest BCUT2D eigenvalue weighted by Gasteiger charge is -2.25. The molecule has 0 amide bonds. The van der Waals surface area contributed by atoms with Crippen molar-refractivity contribution in [2.45, 2.75) is 113 Å². The molecular formula is C29H45ClO5. The molecule has 2 fully saturated rings. The lowest BCUT2D eigenvalue weighted by Crippen LogP contribution is -2.19. The van der Waals surface area contributed by atoms with E-state index in [1.165, 1.54) is 32.1 Å². The normalized spacial score (nSPS) is 26.1. The van der Waals surface area contributed by atoms with Crippen LogP contribution in [-0.4, -0.2) is 46.0 Å². The minimum atomic E-state index is -0.439. The van der Waals surface area contributed by atoms with E-state index >= 15 is 0 Å². The largest absolute Gasteiger partial charge is 0.463 e. The Labute approximate surface area is 216 Å². The first-order valence-electron chi connectivity index (χ1n) is 13.9. The van der Waals surface area contributed by atoms with Gasteiger partial charge >= 0.3 is 5.97 Å². The van der Waals surface area contributed by atoms with Gasteiger partial charge in [0.25, 0.3) is 0 Å². The molecule has 0 aromatic heterocycles. The predicted molar refractivity (Wildman–Crippen MR) is 139 cm³/mol. The molecule has 0 bridgehead atoms. The zero-order chi connectivity index (χ0) is 25.0. The average molecular weight is 509 g/mol. The summed E-state index contributed by atoms with van der Waals surface area (Å²) in [7, 11) is 0. The first-order valence-corrected chi connectivity index (χ1v) is 14.3. The summed E-state index contributed by atoms with van der Waals surface area (Å²) in [6.45, 7) is -0.0643. The van der Waals surface area contributed by atoms with Crippen LogP contribution in [0, 0.1) is 11.8 Å². The third kappa shape index (κ3) is 9.03. The molecule has 0 radical (unpaired) electrons. The van der Waals surface area contributed by atoms with Crippen LogP contribution >= 0.6 is 11.6 Å². The minimum Gasteiger partial charge on any atom is -0.463 e. The lowest BCUT2D eigenvalue weighted by molar-refractivity contribution is -0.144. The molecule has 2 aliphatic rings. The Morgan fingerprint density at radius 2 is 1.74 bits per heavy atom. The van der Waals surface area contributed by atoms with Gasteiger partial charge in [0.2, 0.25) is 0 Å². The van der Waals surface area contributed by atoms with E-state index in [1.54, 1.807) is 0 Å². The quantitative estimate of drug-likeness (QED) is 0.162. The lowest BCUT2D eigenvalue weighted by atomic mass is 9.83. The predicted octanol–water partition coefficient (Wildman–Crippen LogP) is 6.03. The van der Waals surface area contributed by atoms with Crippen molar-refractivity contribution in [3.05, 3.63) is 35.4 Å². The van der Waals surface area contributed by atoms with Gasteiger partial charge in [0.05, 0.1) is 18.8 Å². The van der Waals surface area contributed by atoms with E-state index in [0.29, 0.717) is 12.8 Å². The van der Waals surface area contributed by atoms with E-state index in [4.69, 9.17) is 21.4 Å². The smallest absolute Gasteiger partial charge is 0.305 e. The summed E-state index contributed by atoms with van der Waals surface area (Å²) in [6, 6.07) is 8.21. The van der Waals surface area contributed by atoms with Crippen molar-refractivity contribution in [1.82, 2.24) is 0 Å². The van der Waals surface area contributed by atoms with Gasteiger partial charge in [-0.15, -0.1) is 11.6 Å². The van der Waals surface area contributed by atoms with Crippen molar-refractivity contribution in [2.75, 3.05) is 13.2 Å². The van der Waals surface area contributed by atoms with Crippen LogP contribution in [0.3, 0.4) is 0 Å². The zero-order valence-electron chi connectivity index (χ0n) is 21.1. The molecule has 0 saturated heterocycles. The maximum atomic E-state index is 11.5. The Morgan fingerprint density at radius 1 is 1.03 bits per heavy atom. The first-order chi connectivity index (χ1) is 17.0. The van der Waals surface area contributed by atoms with Crippen LogP contribution in [0.5, 0.6) is 0 Å². The van der Waals surface area contributed by atoms with Crippen molar-refractivity contribution >= 4 is 17.6 Å². The van der Waals surface area contributed by atoms with Crippen LogP contribution in [0.4, 0.5) is 0 Å². The summed E-state index contributed by atoms with van der Waals surface area (Å²) in [4.78, 5) is 11.5. The fourth-order valence-electron chi connectivity index (χ4n) is 6.10. The number of aliphatic hydroxyl groups excluding tert-OH is 3. The molecule has 2 saturated carbocycles. The average Bonchev–Trinajstić information content (AvgIpc) is 3.16. The van der Waals surface area contributed by atoms with E-state index in [2.05, 4.69) is 12.1 Å². The SMILES string of the molecule is O=C(CCCCCC[C@@H]1[C@@H](c2ccc(C(O)CCC3CCCCC3)cc2)[C@H](O)C[C@H]1Cl)OCCO. The summed E-state index contributed by atoms with van der Waals surface area (Å²) in [5.74, 6) is 0.775. The van der Waals surface area contributed by atoms with Crippen molar-refractivity contribution in [3.63, 3.8) is 0 Å². The number of hydrogen-bond acceptors (Lipinski definition) is 5. The Bertz CT molecular complexity index is 733. The van der Waals surface area contributed by atoms with Gasteiger partial charge < -0.3 is 20.1 Å². The summed E-state index contributed by atoms with van der Waals surface area (Å²) in [5.41, 5.74) is 2.08. The van der Waals surface area contributed by atoms with Crippen LogP contribution in [0.15, 0.2) is 24.3 Å². The highest BCUT2D eigenvalue weighted by Crippen LogP contribution is 2.45. The number of hydrogen-bond donors (Lipinski definition) is 3. The fraction of sp³-hybridized carbons (Fsp3) is 0.759. The van der Waals surface area contributed by atoms with Crippen LogP contribution in [0.25, 0.3) is 0 Å².